The molecule has 0 atom stereocenters. The zero-order chi connectivity index (χ0) is 10.8. The van der Waals surface area contributed by atoms with Crippen molar-refractivity contribution in [1.29, 1.82) is 0 Å². The number of aromatic nitrogens is 2. The quantitative estimate of drug-likeness (QED) is 0.772. The lowest BCUT2D eigenvalue weighted by Crippen LogP contribution is -1.85. The van der Waals surface area contributed by atoms with Crippen LogP contribution in [0.2, 0.25) is 0 Å². The molecule has 0 saturated carbocycles. The second-order valence-corrected chi connectivity index (χ2v) is 5.30. The molecule has 2 rings (SSSR count). The van der Waals surface area contributed by atoms with E-state index in [1.165, 1.54) is 30.0 Å². The standard InChI is InChI=1S/C9H8N2O2S2/c1-5(12)7-3-4-8(13-7)15-9-11-10-6(2)14-9/h3-4H,1-2H3. The third kappa shape index (κ3) is 2.45. The molecule has 0 aliphatic rings. The van der Waals surface area contributed by atoms with Crippen molar-refractivity contribution < 1.29 is 9.21 Å². The summed E-state index contributed by atoms with van der Waals surface area (Å²) in [6.45, 7) is 3.37. The van der Waals surface area contributed by atoms with E-state index >= 15 is 0 Å². The normalized spacial score (nSPS) is 10.5. The first-order chi connectivity index (χ1) is 7.15. The van der Waals surface area contributed by atoms with Crippen LogP contribution >= 0.6 is 23.1 Å². The molecule has 0 spiro atoms. The summed E-state index contributed by atoms with van der Waals surface area (Å²) >= 11 is 2.87. The van der Waals surface area contributed by atoms with Gasteiger partial charge in [-0.15, -0.1) is 10.2 Å². The van der Waals surface area contributed by atoms with E-state index in [1.807, 2.05) is 6.92 Å². The van der Waals surface area contributed by atoms with Crippen LogP contribution in [-0.4, -0.2) is 16.0 Å². The third-order valence-electron chi connectivity index (χ3n) is 1.62. The predicted octanol–water partition coefficient (Wildman–Crippen LogP) is 2.79. The molecule has 2 aromatic heterocycles. The lowest BCUT2D eigenvalue weighted by atomic mass is 10.3. The van der Waals surface area contributed by atoms with Crippen LogP contribution in [0.5, 0.6) is 0 Å². The predicted molar refractivity (Wildman–Crippen MR) is 57.5 cm³/mol. The summed E-state index contributed by atoms with van der Waals surface area (Å²) in [5, 5.41) is 9.42. The van der Waals surface area contributed by atoms with E-state index in [0.717, 1.165) is 9.35 Å². The highest BCUT2D eigenvalue weighted by Crippen LogP contribution is 2.31. The molecule has 0 N–H and O–H groups in total. The lowest BCUT2D eigenvalue weighted by Gasteiger charge is -1.89. The zero-order valence-corrected chi connectivity index (χ0v) is 9.82. The first-order valence-electron chi connectivity index (χ1n) is 4.24. The minimum Gasteiger partial charge on any atom is -0.446 e. The van der Waals surface area contributed by atoms with E-state index in [9.17, 15) is 4.79 Å². The number of hydrogen-bond acceptors (Lipinski definition) is 6. The van der Waals surface area contributed by atoms with Crippen LogP contribution in [0.25, 0.3) is 0 Å². The number of hydrogen-bond donors (Lipinski definition) is 0. The Morgan fingerprint density at radius 1 is 1.47 bits per heavy atom. The van der Waals surface area contributed by atoms with Gasteiger partial charge in [-0.1, -0.05) is 11.3 Å². The highest BCUT2D eigenvalue weighted by Gasteiger charge is 2.09. The minimum absolute atomic E-state index is 0.0738. The average Bonchev–Trinajstić information content (AvgIpc) is 2.76. The van der Waals surface area contributed by atoms with E-state index in [0.29, 0.717) is 10.9 Å². The zero-order valence-electron chi connectivity index (χ0n) is 8.18. The van der Waals surface area contributed by atoms with Crippen LogP contribution < -0.4 is 0 Å². The van der Waals surface area contributed by atoms with Gasteiger partial charge in [0.15, 0.2) is 21.0 Å². The first kappa shape index (κ1) is 10.4. The van der Waals surface area contributed by atoms with Gasteiger partial charge in [-0.05, 0) is 30.8 Å². The smallest absolute Gasteiger partial charge is 0.194 e. The summed E-state index contributed by atoms with van der Waals surface area (Å²) < 4.78 is 6.13. The van der Waals surface area contributed by atoms with Crippen LogP contribution in [0.15, 0.2) is 26.0 Å². The number of carbonyl (C=O) groups excluding carboxylic acids is 1. The molecule has 0 aliphatic carbocycles. The van der Waals surface area contributed by atoms with Crippen molar-refractivity contribution in [3.8, 4) is 0 Å². The molecule has 0 bridgehead atoms. The van der Waals surface area contributed by atoms with Gasteiger partial charge in [0.25, 0.3) is 0 Å². The van der Waals surface area contributed by atoms with Gasteiger partial charge in [-0.25, -0.2) is 0 Å². The molecule has 15 heavy (non-hydrogen) atoms. The van der Waals surface area contributed by atoms with E-state index in [-0.39, 0.29) is 5.78 Å². The van der Waals surface area contributed by atoms with Crippen LogP contribution in [0.4, 0.5) is 0 Å². The van der Waals surface area contributed by atoms with Crippen LogP contribution in [-0.2, 0) is 0 Å². The van der Waals surface area contributed by atoms with E-state index in [4.69, 9.17) is 4.42 Å². The number of furan rings is 1. The summed E-state index contributed by atoms with van der Waals surface area (Å²) in [5.74, 6) is 0.300. The van der Waals surface area contributed by atoms with Crippen LogP contribution in [0.3, 0.4) is 0 Å². The van der Waals surface area contributed by atoms with Gasteiger partial charge in [0, 0.05) is 6.92 Å². The number of Topliss-reactive ketones (excluding diaryl/α,β-unsaturated/α-hetero) is 1. The second-order valence-electron chi connectivity index (χ2n) is 2.86. The molecule has 0 fully saturated rings. The number of nitrogens with zero attached hydrogens (tertiary/aromatic N) is 2. The Labute approximate surface area is 94.7 Å². The van der Waals surface area contributed by atoms with Gasteiger partial charge in [-0.2, -0.15) is 0 Å². The van der Waals surface area contributed by atoms with Gasteiger partial charge in [0.1, 0.15) is 5.01 Å². The lowest BCUT2D eigenvalue weighted by molar-refractivity contribution is 0.0982. The van der Waals surface area contributed by atoms with E-state index < -0.39 is 0 Å². The van der Waals surface area contributed by atoms with Gasteiger partial charge >= 0.3 is 0 Å². The van der Waals surface area contributed by atoms with Crippen LogP contribution in [0.1, 0.15) is 22.5 Å². The number of ketones is 1. The molecule has 0 aromatic carbocycles. The fourth-order valence-corrected chi connectivity index (χ4v) is 2.68. The minimum atomic E-state index is -0.0738. The Morgan fingerprint density at radius 3 is 2.80 bits per heavy atom. The van der Waals surface area contributed by atoms with Gasteiger partial charge in [0.2, 0.25) is 0 Å². The molecule has 0 saturated heterocycles. The largest absolute Gasteiger partial charge is 0.446 e. The van der Waals surface area contributed by atoms with Crippen molar-refractivity contribution in [3.63, 3.8) is 0 Å². The van der Waals surface area contributed by atoms with Crippen LogP contribution in [0, 0.1) is 6.92 Å². The topological polar surface area (TPSA) is 56.0 Å². The number of rotatable bonds is 3. The highest BCUT2D eigenvalue weighted by atomic mass is 32.2. The fourth-order valence-electron chi connectivity index (χ4n) is 0.970. The second kappa shape index (κ2) is 4.16. The van der Waals surface area contributed by atoms with Crippen molar-refractivity contribution in [1.82, 2.24) is 10.2 Å². The number of aryl methyl sites for hydroxylation is 1. The number of carbonyl (C=O) groups is 1. The fraction of sp³-hybridized carbons (Fsp3) is 0.222. The maximum atomic E-state index is 11.0. The maximum Gasteiger partial charge on any atom is 0.194 e. The Kier molecular flexibility index (Phi) is 2.88. The van der Waals surface area contributed by atoms with Crippen molar-refractivity contribution in [2.24, 2.45) is 0 Å². The van der Waals surface area contributed by atoms with E-state index in [1.54, 1.807) is 12.1 Å². The highest BCUT2D eigenvalue weighted by molar-refractivity contribution is 8.00. The molecular weight excluding hydrogens is 232 g/mol. The molecule has 78 valence electrons. The molecule has 0 aliphatic heterocycles. The van der Waals surface area contributed by atoms with Gasteiger partial charge in [0.05, 0.1) is 0 Å². The molecule has 0 unspecified atom stereocenters. The summed E-state index contributed by atoms with van der Waals surface area (Å²) in [5.41, 5.74) is 0. The van der Waals surface area contributed by atoms with Crippen molar-refractivity contribution in [2.45, 2.75) is 23.3 Å². The van der Waals surface area contributed by atoms with Crippen molar-refractivity contribution in [2.75, 3.05) is 0 Å². The molecular formula is C9H8N2O2S2. The van der Waals surface area contributed by atoms with Gasteiger partial charge < -0.3 is 4.42 Å². The molecule has 2 aromatic rings. The SMILES string of the molecule is CC(=O)c1ccc(Sc2nnc(C)s2)o1. The maximum absolute atomic E-state index is 11.0. The Hall–Kier alpha value is -1.14. The molecule has 2 heterocycles. The summed E-state index contributed by atoms with van der Waals surface area (Å²) in [7, 11) is 0. The monoisotopic (exact) mass is 240 g/mol. The average molecular weight is 240 g/mol. The summed E-state index contributed by atoms with van der Waals surface area (Å²) in [6.07, 6.45) is 0. The molecule has 6 heteroatoms. The summed E-state index contributed by atoms with van der Waals surface area (Å²) in [4.78, 5) is 11.0. The Balaban J connectivity index is 2.14. The Bertz CT molecular complexity index is 490. The van der Waals surface area contributed by atoms with Crippen molar-refractivity contribution >= 4 is 28.9 Å². The molecule has 0 amide bonds. The molecule has 4 nitrogen and oxygen atoms in total. The van der Waals surface area contributed by atoms with Gasteiger partial charge in [-0.3, -0.25) is 4.79 Å². The molecule has 0 radical (unpaired) electrons. The Morgan fingerprint density at radius 2 is 2.27 bits per heavy atom. The van der Waals surface area contributed by atoms with E-state index in [2.05, 4.69) is 10.2 Å². The van der Waals surface area contributed by atoms with Crippen molar-refractivity contribution in [3.05, 3.63) is 22.9 Å². The third-order valence-corrected chi connectivity index (χ3v) is 3.43. The summed E-state index contributed by atoms with van der Waals surface area (Å²) in [6, 6.07) is 3.43. The first-order valence-corrected chi connectivity index (χ1v) is 5.87.